The van der Waals surface area contributed by atoms with E-state index in [1.54, 1.807) is 12.3 Å². The van der Waals surface area contributed by atoms with Gasteiger partial charge in [0.15, 0.2) is 5.78 Å². The summed E-state index contributed by atoms with van der Waals surface area (Å²) in [6, 6.07) is 7.41. The lowest BCUT2D eigenvalue weighted by Gasteiger charge is -2.44. The summed E-state index contributed by atoms with van der Waals surface area (Å²) >= 11 is 6.19. The average Bonchev–Trinajstić information content (AvgIpc) is 3.23. The number of benzene rings is 2. The molecule has 0 bridgehead atoms. The first-order valence-corrected chi connectivity index (χ1v) is 11.0. The largest absolute Gasteiger partial charge is 0.486 e. The fourth-order valence-corrected chi connectivity index (χ4v) is 4.89. The van der Waals surface area contributed by atoms with Crippen LogP contribution in [0.25, 0.3) is 10.9 Å². The molecule has 0 unspecified atom stereocenters. The van der Waals surface area contributed by atoms with Crippen molar-refractivity contribution in [3.8, 4) is 5.75 Å². The van der Waals surface area contributed by atoms with Crippen molar-refractivity contribution in [2.24, 2.45) is 0 Å². The summed E-state index contributed by atoms with van der Waals surface area (Å²) < 4.78 is 6.35. The van der Waals surface area contributed by atoms with E-state index < -0.39 is 5.60 Å². The van der Waals surface area contributed by atoms with Crippen LogP contribution in [0.4, 0.5) is 0 Å². The molecule has 0 aliphatic carbocycles. The summed E-state index contributed by atoms with van der Waals surface area (Å²) in [4.78, 5) is 27.9. The molecule has 1 N–H and O–H groups in total. The summed E-state index contributed by atoms with van der Waals surface area (Å²) in [5.41, 5.74) is 3.64. The highest BCUT2D eigenvalue weighted by Crippen LogP contribution is 2.41. The third-order valence-electron chi connectivity index (χ3n) is 6.59. The number of aromatic nitrogens is 2. The Morgan fingerprint density at radius 3 is 2.77 bits per heavy atom. The average molecular weight is 438 g/mol. The van der Waals surface area contributed by atoms with Crippen LogP contribution < -0.4 is 4.74 Å². The van der Waals surface area contributed by atoms with Gasteiger partial charge in [-0.3, -0.25) is 14.7 Å². The first-order valence-electron chi connectivity index (χ1n) is 10.7. The molecule has 2 aliphatic rings. The lowest BCUT2D eigenvalue weighted by atomic mass is 9.82. The summed E-state index contributed by atoms with van der Waals surface area (Å²) in [7, 11) is 0. The molecule has 3 aromatic rings. The predicted octanol–water partition coefficient (Wildman–Crippen LogP) is 4.73. The van der Waals surface area contributed by atoms with Crippen molar-refractivity contribution in [2.75, 3.05) is 13.1 Å². The van der Waals surface area contributed by atoms with E-state index >= 15 is 0 Å². The van der Waals surface area contributed by atoms with Gasteiger partial charge in [0.2, 0.25) is 0 Å². The highest BCUT2D eigenvalue weighted by atomic mass is 35.5. The molecule has 31 heavy (non-hydrogen) atoms. The molecule has 1 fully saturated rings. The molecule has 7 heteroatoms. The molecule has 1 amide bonds. The molecule has 0 radical (unpaired) electrons. The fourth-order valence-electron chi connectivity index (χ4n) is 4.73. The van der Waals surface area contributed by atoms with Crippen molar-refractivity contribution in [1.82, 2.24) is 15.1 Å². The number of piperidine rings is 1. The Morgan fingerprint density at radius 2 is 2.03 bits per heavy atom. The highest BCUT2D eigenvalue weighted by molar-refractivity contribution is 6.31. The maximum absolute atomic E-state index is 13.2. The monoisotopic (exact) mass is 437 g/mol. The van der Waals surface area contributed by atoms with Crippen LogP contribution in [0.5, 0.6) is 5.75 Å². The van der Waals surface area contributed by atoms with E-state index in [0.717, 1.165) is 28.5 Å². The lowest BCUT2D eigenvalue weighted by molar-refractivity contribution is -0.00573. The molecule has 1 aromatic heterocycles. The zero-order valence-electron chi connectivity index (χ0n) is 17.6. The van der Waals surface area contributed by atoms with Gasteiger partial charge >= 0.3 is 0 Å². The van der Waals surface area contributed by atoms with Crippen LogP contribution in [0, 0.1) is 6.92 Å². The molecule has 1 spiro atoms. The standard InChI is InChI=1S/C24H24ClN3O3/c1-3-15-9-16(10-17-13-26-27-22(15)17)23(30)28-6-4-24(5-7-28)12-20(29)18-11-19(25)14(2)8-21(18)31-24/h8-11,13H,3-7,12H2,1-2H3,(H,26,27). The Bertz CT molecular complexity index is 1210. The topological polar surface area (TPSA) is 75.3 Å². The number of aryl methyl sites for hydroxylation is 2. The number of nitrogens with zero attached hydrogens (tertiary/aromatic N) is 2. The predicted molar refractivity (Wildman–Crippen MR) is 119 cm³/mol. The first kappa shape index (κ1) is 20.1. The molecule has 0 saturated carbocycles. The summed E-state index contributed by atoms with van der Waals surface area (Å²) in [6.07, 6.45) is 4.15. The molecule has 160 valence electrons. The van der Waals surface area contributed by atoms with Gasteiger partial charge in [-0.25, -0.2) is 0 Å². The molecular formula is C24H24ClN3O3. The number of carbonyl (C=O) groups is 2. The Balaban J connectivity index is 1.35. The first-order chi connectivity index (χ1) is 14.9. The van der Waals surface area contributed by atoms with Crippen LogP contribution in [-0.2, 0) is 6.42 Å². The number of nitrogens with one attached hydrogen (secondary N) is 1. The second-order valence-corrected chi connectivity index (χ2v) is 9.01. The minimum absolute atomic E-state index is 0.0119. The molecule has 0 atom stereocenters. The van der Waals surface area contributed by atoms with Crippen molar-refractivity contribution in [3.05, 3.63) is 57.7 Å². The van der Waals surface area contributed by atoms with Crippen molar-refractivity contribution in [1.29, 1.82) is 0 Å². The zero-order valence-corrected chi connectivity index (χ0v) is 18.4. The SMILES string of the molecule is CCc1cc(C(=O)N2CCC3(CC2)CC(=O)c2cc(Cl)c(C)cc2O3)cc2cn[nH]c12. The number of H-pyrrole nitrogens is 1. The number of fused-ring (bicyclic) bond motifs is 2. The van der Waals surface area contributed by atoms with E-state index in [-0.39, 0.29) is 11.7 Å². The Hall–Kier alpha value is -2.86. The van der Waals surface area contributed by atoms with Crippen molar-refractivity contribution in [2.45, 2.75) is 45.1 Å². The third-order valence-corrected chi connectivity index (χ3v) is 7.00. The number of ketones is 1. The van der Waals surface area contributed by atoms with Crippen LogP contribution in [0.2, 0.25) is 5.02 Å². The van der Waals surface area contributed by atoms with Crippen molar-refractivity contribution < 1.29 is 14.3 Å². The zero-order chi connectivity index (χ0) is 21.8. The minimum atomic E-state index is -0.551. The number of amides is 1. The van der Waals surface area contributed by atoms with E-state index in [4.69, 9.17) is 16.3 Å². The van der Waals surface area contributed by atoms with Gasteiger partial charge in [-0.1, -0.05) is 18.5 Å². The van der Waals surface area contributed by atoms with E-state index in [0.29, 0.717) is 54.3 Å². The summed E-state index contributed by atoms with van der Waals surface area (Å²) in [5.74, 6) is 0.676. The maximum atomic E-state index is 13.2. The van der Waals surface area contributed by atoms with Crippen molar-refractivity contribution in [3.63, 3.8) is 0 Å². The maximum Gasteiger partial charge on any atom is 0.253 e. The van der Waals surface area contributed by atoms with Crippen LogP contribution in [0.3, 0.4) is 0 Å². The molecule has 2 aromatic carbocycles. The van der Waals surface area contributed by atoms with Crippen LogP contribution in [0.15, 0.2) is 30.5 Å². The molecule has 2 aliphatic heterocycles. The van der Waals surface area contributed by atoms with Crippen LogP contribution >= 0.6 is 11.6 Å². The highest BCUT2D eigenvalue weighted by Gasteiger charge is 2.44. The van der Waals surface area contributed by atoms with Gasteiger partial charge < -0.3 is 9.64 Å². The quantitative estimate of drug-likeness (QED) is 0.629. The second-order valence-electron chi connectivity index (χ2n) is 8.60. The summed E-state index contributed by atoms with van der Waals surface area (Å²) in [6.45, 7) is 5.08. The second kappa shape index (κ2) is 7.38. The smallest absolute Gasteiger partial charge is 0.253 e. The van der Waals surface area contributed by atoms with Crippen LogP contribution in [0.1, 0.15) is 58.0 Å². The number of carbonyl (C=O) groups excluding carboxylic acids is 2. The Kier molecular flexibility index (Phi) is 4.77. The van der Waals surface area contributed by atoms with Crippen LogP contribution in [-0.4, -0.2) is 45.5 Å². The van der Waals surface area contributed by atoms with Gasteiger partial charge in [-0.2, -0.15) is 5.10 Å². The molecule has 3 heterocycles. The number of likely N-dealkylation sites (tertiary alicyclic amines) is 1. The van der Waals surface area contributed by atoms with E-state index in [2.05, 4.69) is 17.1 Å². The molecule has 5 rings (SSSR count). The number of hydrogen-bond acceptors (Lipinski definition) is 4. The Labute approximate surface area is 185 Å². The number of Topliss-reactive ketones (excluding diaryl/α,β-unsaturated/α-hetero) is 1. The normalized spacial score (nSPS) is 17.6. The molecule has 1 saturated heterocycles. The van der Waals surface area contributed by atoms with Gasteiger partial charge in [0.25, 0.3) is 5.91 Å². The van der Waals surface area contributed by atoms with E-state index in [1.807, 2.05) is 30.0 Å². The van der Waals surface area contributed by atoms with Gasteiger partial charge in [-0.05, 0) is 48.7 Å². The molecular weight excluding hydrogens is 414 g/mol. The number of halogens is 1. The lowest BCUT2D eigenvalue weighted by Crippen LogP contribution is -2.52. The number of aromatic amines is 1. The molecule has 6 nitrogen and oxygen atoms in total. The number of hydrogen-bond donors (Lipinski definition) is 1. The van der Waals surface area contributed by atoms with Gasteiger partial charge in [0, 0.05) is 41.9 Å². The summed E-state index contributed by atoms with van der Waals surface area (Å²) in [5, 5.41) is 8.65. The van der Waals surface area contributed by atoms with Gasteiger partial charge in [-0.15, -0.1) is 0 Å². The Morgan fingerprint density at radius 1 is 1.26 bits per heavy atom. The minimum Gasteiger partial charge on any atom is -0.486 e. The van der Waals surface area contributed by atoms with E-state index in [9.17, 15) is 9.59 Å². The van der Waals surface area contributed by atoms with Crippen molar-refractivity contribution >= 4 is 34.2 Å². The van der Waals surface area contributed by atoms with E-state index in [1.165, 1.54) is 0 Å². The van der Waals surface area contributed by atoms with Gasteiger partial charge in [0.05, 0.1) is 23.7 Å². The van der Waals surface area contributed by atoms with Gasteiger partial charge in [0.1, 0.15) is 11.4 Å². The number of ether oxygens (including phenoxy) is 1. The fraction of sp³-hybridized carbons (Fsp3) is 0.375. The third kappa shape index (κ3) is 3.39. The number of rotatable bonds is 2.